The van der Waals surface area contributed by atoms with Crippen LogP contribution in [0.2, 0.25) is 0 Å². The molecule has 0 aromatic carbocycles. The lowest BCUT2D eigenvalue weighted by Gasteiger charge is -2.41. The largest absolute Gasteiger partial charge is 0.412 e. The van der Waals surface area contributed by atoms with Crippen LogP contribution in [0.5, 0.6) is 0 Å². The Kier molecular flexibility index (Phi) is 35.8. The highest BCUT2D eigenvalue weighted by Crippen LogP contribution is 2.26. The third-order valence-corrected chi connectivity index (χ3v) is 16.1. The molecule has 0 radical (unpaired) electrons. The van der Waals surface area contributed by atoms with Gasteiger partial charge in [-0.1, -0.05) is 109 Å². The standard InChI is InChI=1S/C62H111N11O12.2H2O/c1-25-27-28-40(15)52(75)51-56(79)65-43(26-2)58(81)67(18)33-48(74)68(19)44(29-34(3)4)55(78)66-49(38(11)12)61(84)69(20)45(30-35(5)6)54(77)63-41(16)53(76)64-42(17)57(80)70(21)46(31-36(7)8)59(82)71(22)47(32-37(9)10)60(83)72(23)50(39(13)14)62(85)73(51)24;;/h25,27,34-47,49-52,75H,26,28-33H2,1-24H3,(H,63,77)(H,64,76)(H,65,79)(H,66,78);2*1H2/b27-25+;;/t40-,41+,42-,43+,44+,45+,46+,47+,49+,50+,51+,52-;;/m1../s1. The lowest BCUT2D eigenvalue weighted by Crippen LogP contribution is -2.63. The van der Waals surface area contributed by atoms with E-state index in [1.165, 1.54) is 87.7 Å². The first kappa shape index (κ1) is 82.9. The zero-order valence-corrected chi connectivity index (χ0v) is 57.1. The van der Waals surface area contributed by atoms with Crippen LogP contribution < -0.4 is 21.3 Å². The number of carbonyl (C=O) groups excluding carboxylic acids is 11. The summed E-state index contributed by atoms with van der Waals surface area (Å²) in [5, 5.41) is 23.1. The maximum Gasteiger partial charge on any atom is 0.246 e. The van der Waals surface area contributed by atoms with Gasteiger partial charge in [-0.05, 0) is 101 Å². The van der Waals surface area contributed by atoms with Gasteiger partial charge in [0, 0.05) is 49.3 Å². The highest BCUT2D eigenvalue weighted by Gasteiger charge is 2.45. The van der Waals surface area contributed by atoms with Crippen molar-refractivity contribution in [3.63, 3.8) is 0 Å². The maximum atomic E-state index is 15.1. The van der Waals surface area contributed by atoms with Crippen molar-refractivity contribution in [3.05, 3.63) is 12.2 Å². The Labute approximate surface area is 519 Å². The van der Waals surface area contributed by atoms with Crippen LogP contribution in [0.3, 0.4) is 0 Å². The number of carbonyl (C=O) groups is 11. The van der Waals surface area contributed by atoms with Crippen molar-refractivity contribution in [2.24, 2.45) is 41.4 Å². The molecule has 25 nitrogen and oxygen atoms in total. The lowest BCUT2D eigenvalue weighted by molar-refractivity contribution is -0.157. The van der Waals surface area contributed by atoms with Gasteiger partial charge in [0.1, 0.15) is 60.4 Å². The molecule has 11 amide bonds. The molecule has 9 N–H and O–H groups in total. The van der Waals surface area contributed by atoms with Gasteiger partial charge in [0.25, 0.3) is 0 Å². The highest BCUT2D eigenvalue weighted by molar-refractivity contribution is 5.99. The predicted molar refractivity (Wildman–Crippen MR) is 336 cm³/mol. The number of rotatable bonds is 15. The molecule has 0 aromatic heterocycles. The number of aliphatic hydroxyl groups is 1. The van der Waals surface area contributed by atoms with Crippen molar-refractivity contribution < 1.29 is 68.8 Å². The number of nitrogens with zero attached hydrogens (tertiary/aromatic N) is 7. The van der Waals surface area contributed by atoms with E-state index in [0.29, 0.717) is 6.42 Å². The van der Waals surface area contributed by atoms with E-state index in [4.69, 9.17) is 0 Å². The van der Waals surface area contributed by atoms with Crippen LogP contribution in [0.1, 0.15) is 156 Å². The zero-order valence-electron chi connectivity index (χ0n) is 57.1. The van der Waals surface area contributed by atoms with Gasteiger partial charge in [0.15, 0.2) is 0 Å². The normalized spacial score (nSPS) is 26.3. The van der Waals surface area contributed by atoms with Crippen molar-refractivity contribution in [3.8, 4) is 0 Å². The van der Waals surface area contributed by atoms with Crippen LogP contribution in [-0.4, -0.2) is 238 Å². The Morgan fingerprint density at radius 3 is 1.30 bits per heavy atom. The smallest absolute Gasteiger partial charge is 0.246 e. The Balaban J connectivity index is 0. The minimum absolute atomic E-state index is 0. The summed E-state index contributed by atoms with van der Waals surface area (Å²) in [6, 6.07) is -12.3. The van der Waals surface area contributed by atoms with Crippen LogP contribution >= 0.6 is 0 Å². The minimum atomic E-state index is -1.61. The number of aliphatic hydroxyl groups excluding tert-OH is 1. The average Bonchev–Trinajstić information content (AvgIpc) is 3.35. The highest BCUT2D eigenvalue weighted by atomic mass is 16.3. The van der Waals surface area contributed by atoms with E-state index in [2.05, 4.69) is 21.3 Å². The van der Waals surface area contributed by atoms with Crippen molar-refractivity contribution in [1.82, 2.24) is 55.6 Å². The lowest BCUT2D eigenvalue weighted by atomic mass is 9.91. The fourth-order valence-corrected chi connectivity index (χ4v) is 10.7. The molecule has 0 bridgehead atoms. The molecular formula is C62H115N11O14. The van der Waals surface area contributed by atoms with Gasteiger partial charge in [0.2, 0.25) is 65.0 Å². The summed E-state index contributed by atoms with van der Waals surface area (Å²) in [4.78, 5) is 169. The fourth-order valence-electron chi connectivity index (χ4n) is 10.7. The number of hydrogen-bond donors (Lipinski definition) is 5. The monoisotopic (exact) mass is 1240 g/mol. The molecule has 1 rings (SSSR count). The van der Waals surface area contributed by atoms with Crippen molar-refractivity contribution in [2.75, 3.05) is 55.9 Å². The quantitative estimate of drug-likeness (QED) is 0.146. The Morgan fingerprint density at radius 1 is 0.460 bits per heavy atom. The second-order valence-corrected chi connectivity index (χ2v) is 26.1. The summed E-state index contributed by atoms with van der Waals surface area (Å²) in [5.41, 5.74) is 0. The van der Waals surface area contributed by atoms with Gasteiger partial charge in [0.05, 0.1) is 12.6 Å². The third-order valence-electron chi connectivity index (χ3n) is 16.1. The molecule has 0 aromatic rings. The summed E-state index contributed by atoms with van der Waals surface area (Å²) in [6.07, 6.45) is 3.04. The number of likely N-dealkylation sites (N-methyl/N-ethyl adjacent to an activating group) is 7. The number of amides is 11. The van der Waals surface area contributed by atoms with E-state index in [9.17, 15) is 48.3 Å². The SMILES string of the molecule is C/C=C/C[C@@H](C)[C@@H](O)[C@H]1C(=O)N[C@@H](CC)C(=O)N(C)CC(=O)N(C)[C@@H](CC(C)C)C(=O)N[C@@H](C(C)C)C(=O)N(C)[C@@H](CC(C)C)C(=O)N[C@@H](C)C(=O)N[C@H](C)C(=O)N(C)[C@@H](CC(C)C)C(=O)N(C)[C@@H](CC(C)C)C(=O)N(C)[C@@H](C(C)C)C(=O)N1C.O.O. The molecule has 25 heteroatoms. The Bertz CT molecular complexity index is 2330. The van der Waals surface area contributed by atoms with Crippen molar-refractivity contribution >= 4 is 65.0 Å². The molecule has 1 aliphatic rings. The van der Waals surface area contributed by atoms with E-state index in [-0.39, 0.29) is 66.7 Å². The molecule has 0 saturated carbocycles. The Morgan fingerprint density at radius 2 is 0.862 bits per heavy atom. The fraction of sp³-hybridized carbons (Fsp3) is 0.790. The summed E-state index contributed by atoms with van der Waals surface area (Å²) in [5.74, 6) is -9.71. The summed E-state index contributed by atoms with van der Waals surface area (Å²) in [6.45, 7) is 29.3. The van der Waals surface area contributed by atoms with Crippen LogP contribution in [0.25, 0.3) is 0 Å². The van der Waals surface area contributed by atoms with E-state index in [1.807, 2.05) is 61.5 Å². The summed E-state index contributed by atoms with van der Waals surface area (Å²) >= 11 is 0. The molecule has 1 saturated heterocycles. The number of nitrogens with one attached hydrogen (secondary N) is 4. The molecule has 1 aliphatic heterocycles. The molecular weight excluding hydrogens is 1120 g/mol. The van der Waals surface area contributed by atoms with Crippen LogP contribution in [0.4, 0.5) is 0 Å². The van der Waals surface area contributed by atoms with E-state index in [1.54, 1.807) is 54.5 Å². The maximum absolute atomic E-state index is 15.1. The van der Waals surface area contributed by atoms with Crippen LogP contribution in [0.15, 0.2) is 12.2 Å². The van der Waals surface area contributed by atoms with Gasteiger partial charge in [-0.2, -0.15) is 0 Å². The molecule has 502 valence electrons. The van der Waals surface area contributed by atoms with Gasteiger partial charge in [-0.3, -0.25) is 52.7 Å². The third kappa shape index (κ3) is 23.4. The van der Waals surface area contributed by atoms with Gasteiger partial charge in [-0.25, -0.2) is 0 Å². The molecule has 0 spiro atoms. The molecule has 12 atom stereocenters. The second-order valence-electron chi connectivity index (χ2n) is 26.1. The van der Waals surface area contributed by atoms with E-state index >= 15 is 9.59 Å². The summed E-state index contributed by atoms with van der Waals surface area (Å²) < 4.78 is 0. The van der Waals surface area contributed by atoms with Crippen LogP contribution in [-0.2, 0) is 52.7 Å². The first-order valence-corrected chi connectivity index (χ1v) is 30.6. The predicted octanol–water partition coefficient (Wildman–Crippen LogP) is 1.62. The molecule has 0 unspecified atom stereocenters. The topological polar surface area (TPSA) is 342 Å². The molecule has 0 aliphatic carbocycles. The summed E-state index contributed by atoms with van der Waals surface area (Å²) in [7, 11) is 9.92. The zero-order chi connectivity index (χ0) is 66.0. The number of hydrogen-bond acceptors (Lipinski definition) is 12. The van der Waals surface area contributed by atoms with Gasteiger partial charge < -0.3 is 71.6 Å². The van der Waals surface area contributed by atoms with Gasteiger partial charge >= 0.3 is 0 Å². The molecule has 1 fully saturated rings. The van der Waals surface area contributed by atoms with E-state index < -0.39 is 156 Å². The second kappa shape index (κ2) is 37.6. The van der Waals surface area contributed by atoms with Crippen LogP contribution in [0, 0.1) is 41.4 Å². The minimum Gasteiger partial charge on any atom is -0.412 e. The molecule has 1 heterocycles. The first-order chi connectivity index (χ1) is 39.2. The van der Waals surface area contributed by atoms with Crippen molar-refractivity contribution in [2.45, 2.75) is 223 Å². The van der Waals surface area contributed by atoms with Gasteiger partial charge in [-0.15, -0.1) is 0 Å². The number of allylic oxidation sites excluding steroid dienone is 2. The first-order valence-electron chi connectivity index (χ1n) is 30.6. The van der Waals surface area contributed by atoms with Crippen molar-refractivity contribution in [1.29, 1.82) is 0 Å². The van der Waals surface area contributed by atoms with E-state index in [0.717, 1.165) is 9.80 Å². The molecule has 87 heavy (non-hydrogen) atoms. The average molecular weight is 1240 g/mol. The Hall–Kier alpha value is -6.21.